The maximum absolute atomic E-state index is 14.6. The zero-order valence-electron chi connectivity index (χ0n) is 20.4. The lowest BCUT2D eigenvalue weighted by molar-refractivity contribution is 0.0523. The number of aromatic nitrogens is 3. The molecule has 0 radical (unpaired) electrons. The number of fused-ring (bicyclic) bond motifs is 1. The van der Waals surface area contributed by atoms with Crippen LogP contribution in [0.4, 0.5) is 15.0 Å². The number of hydrogen-bond acceptors (Lipinski definition) is 6. The second kappa shape index (κ2) is 9.52. The average Bonchev–Trinajstić information content (AvgIpc) is 2.75. The average molecular weight is 466 g/mol. The second-order valence-electron chi connectivity index (χ2n) is 10.3. The number of amides is 1. The van der Waals surface area contributed by atoms with E-state index in [1.165, 1.54) is 18.6 Å². The summed E-state index contributed by atoms with van der Waals surface area (Å²) in [5, 5.41) is 3.55. The summed E-state index contributed by atoms with van der Waals surface area (Å²) in [6, 6.07) is 8.45. The molecule has 0 aromatic carbocycles. The number of nitrogens with one attached hydrogen (secondary N) is 1. The molecule has 8 heteroatoms. The Morgan fingerprint density at radius 1 is 1.12 bits per heavy atom. The Balaban J connectivity index is 1.57. The fourth-order valence-corrected chi connectivity index (χ4v) is 4.40. The van der Waals surface area contributed by atoms with Crippen LogP contribution in [0, 0.1) is 17.7 Å². The van der Waals surface area contributed by atoms with Crippen molar-refractivity contribution in [1.29, 1.82) is 0 Å². The van der Waals surface area contributed by atoms with E-state index in [-0.39, 0.29) is 12.4 Å². The summed E-state index contributed by atoms with van der Waals surface area (Å²) in [5.41, 5.74) is 1.85. The number of anilines is 1. The van der Waals surface area contributed by atoms with Crippen molar-refractivity contribution in [3.05, 3.63) is 48.0 Å². The van der Waals surface area contributed by atoms with Crippen molar-refractivity contribution >= 4 is 22.8 Å². The monoisotopic (exact) mass is 465 g/mol. The lowest BCUT2D eigenvalue weighted by Gasteiger charge is -2.36. The van der Waals surface area contributed by atoms with Crippen LogP contribution in [-0.4, -0.2) is 39.7 Å². The first kappa shape index (κ1) is 23.9. The molecule has 1 saturated heterocycles. The molecule has 1 N–H and O–H groups in total. The van der Waals surface area contributed by atoms with Crippen LogP contribution in [0.5, 0.6) is 0 Å². The molecule has 34 heavy (non-hydrogen) atoms. The Morgan fingerprint density at radius 2 is 1.85 bits per heavy atom. The summed E-state index contributed by atoms with van der Waals surface area (Å²) in [7, 11) is 0. The highest BCUT2D eigenvalue weighted by molar-refractivity contribution is 5.81. The number of halogens is 1. The van der Waals surface area contributed by atoms with Gasteiger partial charge in [0.25, 0.3) is 0 Å². The predicted octanol–water partition coefficient (Wildman–Crippen LogP) is 5.34. The van der Waals surface area contributed by atoms with E-state index < -0.39 is 11.7 Å². The van der Waals surface area contributed by atoms with Gasteiger partial charge in [-0.05, 0) is 57.2 Å². The minimum Gasteiger partial charge on any atom is -0.444 e. The summed E-state index contributed by atoms with van der Waals surface area (Å²) in [6.07, 6.45) is 2.37. The Hall–Kier alpha value is -3.29. The number of ether oxygens (including phenoxy) is 1. The number of alkyl carbamates (subject to hydrolysis) is 1. The summed E-state index contributed by atoms with van der Waals surface area (Å²) in [5.74, 6) is 1.39. The summed E-state index contributed by atoms with van der Waals surface area (Å²) in [6.45, 7) is 11.8. The number of piperidine rings is 1. The number of rotatable bonds is 4. The van der Waals surface area contributed by atoms with Crippen LogP contribution >= 0.6 is 0 Å². The molecular weight excluding hydrogens is 433 g/mol. The van der Waals surface area contributed by atoms with E-state index in [0.717, 1.165) is 18.5 Å². The molecule has 4 heterocycles. The topological polar surface area (TPSA) is 80.2 Å². The van der Waals surface area contributed by atoms with Crippen molar-refractivity contribution in [2.75, 3.05) is 18.0 Å². The molecule has 180 valence electrons. The Kier molecular flexibility index (Phi) is 6.68. The zero-order chi connectivity index (χ0) is 24.5. The number of carbonyl (C=O) groups is 1. The molecule has 1 fully saturated rings. The first-order chi connectivity index (χ1) is 16.1. The standard InChI is InChI=1S/C26H32FN5O2/c1-16-8-17(2)15-32(14-16)24-10-19(27)9-23(31-24)21-7-6-18-12-28-20(11-22(18)30-21)13-29-25(33)34-26(3,4)5/h6-7,9-12,16-17H,8,13-15H2,1-5H3,(H,29,33)/t16-,17+. The van der Waals surface area contributed by atoms with Gasteiger partial charge in [0, 0.05) is 36.8 Å². The van der Waals surface area contributed by atoms with Crippen molar-refractivity contribution < 1.29 is 13.9 Å². The minimum atomic E-state index is -0.571. The molecule has 3 aromatic heterocycles. The van der Waals surface area contributed by atoms with Crippen molar-refractivity contribution in [3.8, 4) is 11.4 Å². The van der Waals surface area contributed by atoms with Crippen molar-refractivity contribution in [2.24, 2.45) is 11.8 Å². The van der Waals surface area contributed by atoms with Crippen LogP contribution in [0.3, 0.4) is 0 Å². The molecule has 0 spiro atoms. The third kappa shape index (κ3) is 5.98. The van der Waals surface area contributed by atoms with Gasteiger partial charge in [0.1, 0.15) is 17.2 Å². The van der Waals surface area contributed by atoms with Gasteiger partial charge in [-0.25, -0.2) is 19.2 Å². The number of nitrogens with zero attached hydrogens (tertiary/aromatic N) is 4. The molecule has 1 aliphatic rings. The van der Waals surface area contributed by atoms with Crippen LogP contribution in [0.1, 0.15) is 46.7 Å². The van der Waals surface area contributed by atoms with Gasteiger partial charge < -0.3 is 15.0 Å². The minimum absolute atomic E-state index is 0.213. The van der Waals surface area contributed by atoms with E-state index in [4.69, 9.17) is 14.7 Å². The largest absolute Gasteiger partial charge is 0.444 e. The van der Waals surface area contributed by atoms with Crippen LogP contribution in [0.15, 0.2) is 36.5 Å². The second-order valence-corrected chi connectivity index (χ2v) is 10.3. The van der Waals surface area contributed by atoms with Gasteiger partial charge in [-0.15, -0.1) is 0 Å². The lowest BCUT2D eigenvalue weighted by atomic mass is 9.92. The summed E-state index contributed by atoms with van der Waals surface area (Å²) in [4.78, 5) is 28.0. The molecule has 0 unspecified atom stereocenters. The highest BCUT2D eigenvalue weighted by Gasteiger charge is 2.24. The van der Waals surface area contributed by atoms with Gasteiger partial charge in [0.15, 0.2) is 0 Å². The number of carbonyl (C=O) groups excluding carboxylic acids is 1. The third-order valence-electron chi connectivity index (χ3n) is 5.67. The van der Waals surface area contributed by atoms with Crippen molar-refractivity contribution in [1.82, 2.24) is 20.3 Å². The molecule has 0 aliphatic carbocycles. The van der Waals surface area contributed by atoms with E-state index in [1.807, 2.05) is 39.0 Å². The quantitative estimate of drug-likeness (QED) is 0.560. The maximum Gasteiger partial charge on any atom is 0.407 e. The fourth-order valence-electron chi connectivity index (χ4n) is 4.40. The molecule has 4 rings (SSSR count). The highest BCUT2D eigenvalue weighted by atomic mass is 19.1. The van der Waals surface area contributed by atoms with Crippen molar-refractivity contribution in [2.45, 2.75) is 53.2 Å². The van der Waals surface area contributed by atoms with Crippen LogP contribution in [0.25, 0.3) is 22.3 Å². The molecular formula is C26H32FN5O2. The lowest BCUT2D eigenvalue weighted by Crippen LogP contribution is -2.39. The molecule has 7 nitrogen and oxygen atoms in total. The van der Waals surface area contributed by atoms with E-state index in [0.29, 0.717) is 40.3 Å². The van der Waals surface area contributed by atoms with Gasteiger partial charge in [-0.1, -0.05) is 13.8 Å². The van der Waals surface area contributed by atoms with E-state index in [9.17, 15) is 9.18 Å². The normalized spacial score (nSPS) is 18.7. The van der Waals surface area contributed by atoms with Gasteiger partial charge in [-0.3, -0.25) is 4.98 Å². The molecule has 0 saturated carbocycles. The van der Waals surface area contributed by atoms with E-state index in [1.54, 1.807) is 6.20 Å². The summed E-state index contributed by atoms with van der Waals surface area (Å²) < 4.78 is 19.8. The van der Waals surface area contributed by atoms with Gasteiger partial charge in [0.05, 0.1) is 29.1 Å². The predicted molar refractivity (Wildman–Crippen MR) is 131 cm³/mol. The number of pyridine rings is 3. The Bertz CT molecular complexity index is 1180. The first-order valence-electron chi connectivity index (χ1n) is 11.7. The first-order valence-corrected chi connectivity index (χ1v) is 11.7. The van der Waals surface area contributed by atoms with Gasteiger partial charge in [-0.2, -0.15) is 0 Å². The molecule has 2 atom stereocenters. The smallest absolute Gasteiger partial charge is 0.407 e. The number of hydrogen-bond donors (Lipinski definition) is 1. The van der Waals surface area contributed by atoms with Crippen LogP contribution in [0.2, 0.25) is 0 Å². The van der Waals surface area contributed by atoms with Crippen LogP contribution in [-0.2, 0) is 11.3 Å². The van der Waals surface area contributed by atoms with Gasteiger partial charge >= 0.3 is 6.09 Å². The van der Waals surface area contributed by atoms with E-state index >= 15 is 0 Å². The Morgan fingerprint density at radius 3 is 2.56 bits per heavy atom. The third-order valence-corrected chi connectivity index (χ3v) is 5.67. The zero-order valence-corrected chi connectivity index (χ0v) is 20.4. The molecule has 1 aliphatic heterocycles. The van der Waals surface area contributed by atoms with Crippen LogP contribution < -0.4 is 10.2 Å². The maximum atomic E-state index is 14.6. The fraction of sp³-hybridized carbons (Fsp3) is 0.462. The molecule has 0 bridgehead atoms. The molecule has 1 amide bonds. The Labute approximate surface area is 199 Å². The SMILES string of the molecule is C[C@@H]1C[C@H](C)CN(c2cc(F)cc(-c3ccc4cnc(CNC(=O)OC(C)(C)C)cc4n3)n2)C1. The highest BCUT2D eigenvalue weighted by Crippen LogP contribution is 2.28. The molecule has 3 aromatic rings. The summed E-state index contributed by atoms with van der Waals surface area (Å²) >= 11 is 0. The van der Waals surface area contributed by atoms with Gasteiger partial charge in [0.2, 0.25) is 0 Å². The van der Waals surface area contributed by atoms with Crippen molar-refractivity contribution in [3.63, 3.8) is 0 Å². The van der Waals surface area contributed by atoms with E-state index in [2.05, 4.69) is 29.0 Å².